The van der Waals surface area contributed by atoms with E-state index in [0.717, 1.165) is 43.6 Å². The predicted molar refractivity (Wildman–Crippen MR) is 81.4 cm³/mol. The zero-order valence-electron chi connectivity index (χ0n) is 11.9. The molecule has 1 heterocycles. The largest absolute Gasteiger partial charge is 0.491 e. The molecule has 0 N–H and O–H groups in total. The second kappa shape index (κ2) is 6.57. The van der Waals surface area contributed by atoms with E-state index in [4.69, 9.17) is 9.47 Å². The summed E-state index contributed by atoms with van der Waals surface area (Å²) in [5.41, 5.74) is 0.620. The first-order valence-corrected chi connectivity index (χ1v) is 7.23. The van der Waals surface area contributed by atoms with Crippen LogP contribution >= 0.6 is 0 Å². The fourth-order valence-corrected chi connectivity index (χ4v) is 2.60. The van der Waals surface area contributed by atoms with Crippen molar-refractivity contribution in [3.63, 3.8) is 0 Å². The molecule has 2 aromatic rings. The molecule has 1 fully saturated rings. The molecule has 0 bridgehead atoms. The fraction of sp³-hybridized carbons (Fsp3) is 0.353. The van der Waals surface area contributed by atoms with Crippen LogP contribution < -0.4 is 4.74 Å². The summed E-state index contributed by atoms with van der Waals surface area (Å²) in [4.78, 5) is 2.32. The summed E-state index contributed by atoms with van der Waals surface area (Å²) in [7, 11) is 0. The van der Waals surface area contributed by atoms with Crippen LogP contribution in [0.2, 0.25) is 0 Å². The zero-order valence-corrected chi connectivity index (χ0v) is 11.9. The van der Waals surface area contributed by atoms with E-state index in [-0.39, 0.29) is 0 Å². The molecule has 0 spiro atoms. The molecular weight excluding hydrogens is 264 g/mol. The molecule has 2 aromatic carbocycles. The molecule has 0 atom stereocenters. The highest BCUT2D eigenvalue weighted by Crippen LogP contribution is 2.27. The van der Waals surface area contributed by atoms with Crippen LogP contribution in [0.5, 0.6) is 5.75 Å². The lowest BCUT2D eigenvalue weighted by molar-refractivity contribution is 0.0322. The highest BCUT2D eigenvalue weighted by Gasteiger charge is 2.11. The van der Waals surface area contributed by atoms with Gasteiger partial charge in [-0.05, 0) is 11.5 Å². The average Bonchev–Trinajstić information content (AvgIpc) is 2.55. The van der Waals surface area contributed by atoms with Crippen LogP contribution in [0.15, 0.2) is 36.4 Å². The molecular formula is C17H18N2O2. The number of nitrogens with zero attached hydrogens (tertiary/aromatic N) is 2. The Morgan fingerprint density at radius 2 is 1.95 bits per heavy atom. The normalized spacial score (nSPS) is 15.8. The van der Waals surface area contributed by atoms with E-state index in [1.165, 1.54) is 0 Å². The smallest absolute Gasteiger partial charge is 0.137 e. The number of ether oxygens (including phenoxy) is 2. The number of morpholine rings is 1. The standard InChI is InChI=1S/C17H18N2O2/c18-13-16-15-4-2-1-3-14(15)5-6-17(16)21-12-9-19-7-10-20-11-8-19/h1-6H,7-12H2. The van der Waals surface area contributed by atoms with Crippen molar-refractivity contribution >= 4 is 10.8 Å². The summed E-state index contributed by atoms with van der Waals surface area (Å²) < 4.78 is 11.2. The van der Waals surface area contributed by atoms with Crippen LogP contribution in [0.4, 0.5) is 0 Å². The Labute approximate surface area is 124 Å². The van der Waals surface area contributed by atoms with Crippen molar-refractivity contribution < 1.29 is 9.47 Å². The topological polar surface area (TPSA) is 45.5 Å². The molecule has 1 aliphatic heterocycles. The van der Waals surface area contributed by atoms with E-state index in [9.17, 15) is 5.26 Å². The molecule has 3 rings (SSSR count). The van der Waals surface area contributed by atoms with Crippen molar-refractivity contribution in [3.8, 4) is 11.8 Å². The van der Waals surface area contributed by atoms with Gasteiger partial charge in [-0.25, -0.2) is 0 Å². The third-order valence-electron chi connectivity index (χ3n) is 3.77. The van der Waals surface area contributed by atoms with Crippen LogP contribution in [-0.2, 0) is 4.74 Å². The number of hydrogen-bond acceptors (Lipinski definition) is 4. The predicted octanol–water partition coefficient (Wildman–Crippen LogP) is 2.42. The molecule has 0 unspecified atom stereocenters. The summed E-state index contributed by atoms with van der Waals surface area (Å²) in [5.74, 6) is 0.671. The zero-order chi connectivity index (χ0) is 14.5. The van der Waals surface area contributed by atoms with Gasteiger partial charge in [0.25, 0.3) is 0 Å². The second-order valence-electron chi connectivity index (χ2n) is 5.07. The molecule has 0 aliphatic carbocycles. The minimum Gasteiger partial charge on any atom is -0.491 e. The van der Waals surface area contributed by atoms with Gasteiger partial charge < -0.3 is 9.47 Å². The lowest BCUT2D eigenvalue weighted by Crippen LogP contribution is -2.38. The minimum absolute atomic E-state index is 0.590. The molecule has 0 saturated carbocycles. The SMILES string of the molecule is N#Cc1c(OCCN2CCOCC2)ccc2ccccc12. The van der Waals surface area contributed by atoms with Crippen LogP contribution in [-0.4, -0.2) is 44.4 Å². The van der Waals surface area contributed by atoms with Crippen LogP contribution in [0.25, 0.3) is 10.8 Å². The average molecular weight is 282 g/mol. The molecule has 4 heteroatoms. The molecule has 4 nitrogen and oxygen atoms in total. The van der Waals surface area contributed by atoms with Gasteiger partial charge in [-0.15, -0.1) is 0 Å². The van der Waals surface area contributed by atoms with E-state index >= 15 is 0 Å². The van der Waals surface area contributed by atoms with Gasteiger partial charge in [-0.2, -0.15) is 5.26 Å². The van der Waals surface area contributed by atoms with Crippen molar-refractivity contribution in [3.05, 3.63) is 42.0 Å². The van der Waals surface area contributed by atoms with Gasteiger partial charge in [0.15, 0.2) is 0 Å². The highest BCUT2D eigenvalue weighted by atomic mass is 16.5. The second-order valence-corrected chi connectivity index (χ2v) is 5.07. The van der Waals surface area contributed by atoms with Gasteiger partial charge in [0, 0.05) is 25.0 Å². The van der Waals surface area contributed by atoms with Crippen molar-refractivity contribution in [1.29, 1.82) is 5.26 Å². The lowest BCUT2D eigenvalue weighted by atomic mass is 10.0. The van der Waals surface area contributed by atoms with Gasteiger partial charge in [-0.3, -0.25) is 4.90 Å². The van der Waals surface area contributed by atoms with Crippen molar-refractivity contribution in [2.24, 2.45) is 0 Å². The van der Waals surface area contributed by atoms with Gasteiger partial charge >= 0.3 is 0 Å². The highest BCUT2D eigenvalue weighted by molar-refractivity contribution is 5.90. The van der Waals surface area contributed by atoms with Gasteiger partial charge in [-0.1, -0.05) is 30.3 Å². The molecule has 0 amide bonds. The van der Waals surface area contributed by atoms with E-state index in [0.29, 0.717) is 17.9 Å². The van der Waals surface area contributed by atoms with Crippen molar-refractivity contribution in [1.82, 2.24) is 4.90 Å². The number of nitriles is 1. The number of hydrogen-bond donors (Lipinski definition) is 0. The Morgan fingerprint density at radius 3 is 2.76 bits per heavy atom. The first-order chi connectivity index (χ1) is 10.4. The maximum absolute atomic E-state index is 9.41. The van der Waals surface area contributed by atoms with Gasteiger partial charge in [0.05, 0.1) is 13.2 Å². The number of benzene rings is 2. The van der Waals surface area contributed by atoms with E-state index in [2.05, 4.69) is 11.0 Å². The Hall–Kier alpha value is -2.09. The quantitative estimate of drug-likeness (QED) is 0.864. The van der Waals surface area contributed by atoms with E-state index in [1.54, 1.807) is 0 Å². The maximum atomic E-state index is 9.41. The Bertz CT molecular complexity index is 657. The summed E-state index contributed by atoms with van der Waals surface area (Å²) in [6.07, 6.45) is 0. The molecule has 21 heavy (non-hydrogen) atoms. The molecule has 1 aliphatic rings. The Kier molecular flexibility index (Phi) is 4.34. The molecule has 0 radical (unpaired) electrons. The van der Waals surface area contributed by atoms with Crippen LogP contribution in [0, 0.1) is 11.3 Å². The van der Waals surface area contributed by atoms with Crippen LogP contribution in [0.1, 0.15) is 5.56 Å². The molecule has 1 saturated heterocycles. The number of rotatable bonds is 4. The number of fused-ring (bicyclic) bond motifs is 1. The monoisotopic (exact) mass is 282 g/mol. The van der Waals surface area contributed by atoms with Gasteiger partial charge in [0.1, 0.15) is 24.0 Å². The maximum Gasteiger partial charge on any atom is 0.137 e. The van der Waals surface area contributed by atoms with Crippen molar-refractivity contribution in [2.75, 3.05) is 39.5 Å². The van der Waals surface area contributed by atoms with Crippen LogP contribution in [0.3, 0.4) is 0 Å². The van der Waals surface area contributed by atoms with Gasteiger partial charge in [0.2, 0.25) is 0 Å². The minimum atomic E-state index is 0.590. The third-order valence-corrected chi connectivity index (χ3v) is 3.77. The molecule has 108 valence electrons. The summed E-state index contributed by atoms with van der Waals surface area (Å²) >= 11 is 0. The van der Waals surface area contributed by atoms with Crippen molar-refractivity contribution in [2.45, 2.75) is 0 Å². The summed E-state index contributed by atoms with van der Waals surface area (Å²) in [6.45, 7) is 4.94. The lowest BCUT2D eigenvalue weighted by Gasteiger charge is -2.26. The fourth-order valence-electron chi connectivity index (χ4n) is 2.60. The van der Waals surface area contributed by atoms with E-state index in [1.807, 2.05) is 36.4 Å². The first kappa shape index (κ1) is 13.9. The third kappa shape index (κ3) is 3.15. The van der Waals surface area contributed by atoms with E-state index < -0.39 is 0 Å². The molecule has 0 aromatic heterocycles. The Morgan fingerprint density at radius 1 is 1.14 bits per heavy atom. The first-order valence-electron chi connectivity index (χ1n) is 7.23. The summed E-state index contributed by atoms with van der Waals surface area (Å²) in [6, 6.07) is 14.0. The Balaban J connectivity index is 1.70. The summed E-state index contributed by atoms with van der Waals surface area (Å²) in [5, 5.41) is 11.4.